The van der Waals surface area contributed by atoms with Gasteiger partial charge in [0.1, 0.15) is 22.3 Å². The van der Waals surface area contributed by atoms with Crippen LogP contribution in [0.15, 0.2) is 41.3 Å². The number of benzene rings is 2. The predicted molar refractivity (Wildman–Crippen MR) is 96.5 cm³/mol. The van der Waals surface area contributed by atoms with Crippen molar-refractivity contribution in [3.63, 3.8) is 0 Å². The lowest BCUT2D eigenvalue weighted by Crippen LogP contribution is -2.40. The Balaban J connectivity index is 2.03. The number of nitrogens with one attached hydrogen (secondary N) is 1. The van der Waals surface area contributed by atoms with Crippen LogP contribution in [0.5, 0.6) is 5.75 Å². The number of methoxy groups -OCH3 is 1. The minimum atomic E-state index is -4.34. The summed E-state index contributed by atoms with van der Waals surface area (Å²) in [5.74, 6) is -2.86. The molecule has 2 aromatic carbocycles. The molecule has 0 radical (unpaired) electrons. The van der Waals surface area contributed by atoms with Crippen LogP contribution in [0.3, 0.4) is 0 Å². The number of sulfonamides is 1. The van der Waals surface area contributed by atoms with Gasteiger partial charge in [0.15, 0.2) is 0 Å². The lowest BCUT2D eigenvalue weighted by molar-refractivity contribution is -0.129. The maximum Gasteiger partial charge on any atom is 0.265 e. The Morgan fingerprint density at radius 3 is 2.18 bits per heavy atom. The van der Waals surface area contributed by atoms with Crippen LogP contribution in [0.25, 0.3) is 0 Å². The second-order valence-electron chi connectivity index (χ2n) is 6.08. The van der Waals surface area contributed by atoms with Gasteiger partial charge in [0.2, 0.25) is 11.8 Å². The van der Waals surface area contributed by atoms with Crippen LogP contribution in [-0.4, -0.2) is 27.3 Å². The fourth-order valence-corrected chi connectivity index (χ4v) is 4.11. The summed E-state index contributed by atoms with van der Waals surface area (Å²) in [6.07, 6.45) is 0.767. The highest BCUT2D eigenvalue weighted by molar-refractivity contribution is 7.92. The third-order valence-electron chi connectivity index (χ3n) is 4.09. The highest BCUT2D eigenvalue weighted by Crippen LogP contribution is 2.32. The summed E-state index contributed by atoms with van der Waals surface area (Å²) in [7, 11) is -3.10. The number of anilines is 2. The van der Waals surface area contributed by atoms with Gasteiger partial charge in [0.25, 0.3) is 10.0 Å². The second-order valence-corrected chi connectivity index (χ2v) is 7.73. The Hall–Kier alpha value is -3.01. The number of amides is 2. The molecule has 28 heavy (non-hydrogen) atoms. The summed E-state index contributed by atoms with van der Waals surface area (Å²) in [4.78, 5) is 24.8. The van der Waals surface area contributed by atoms with Gasteiger partial charge in [-0.1, -0.05) is 0 Å². The molecule has 1 heterocycles. The molecule has 1 N–H and O–H groups in total. The minimum Gasteiger partial charge on any atom is -0.495 e. The number of hydrogen-bond acceptors (Lipinski definition) is 5. The Morgan fingerprint density at radius 2 is 1.61 bits per heavy atom. The van der Waals surface area contributed by atoms with E-state index in [9.17, 15) is 26.8 Å². The molecule has 0 spiro atoms. The van der Waals surface area contributed by atoms with Crippen molar-refractivity contribution >= 4 is 33.2 Å². The zero-order chi connectivity index (χ0) is 20.5. The third kappa shape index (κ3) is 3.96. The number of rotatable bonds is 5. The molecular weight excluding hydrogens is 394 g/mol. The number of piperidine rings is 1. The molecule has 0 atom stereocenters. The van der Waals surface area contributed by atoms with Gasteiger partial charge in [-0.15, -0.1) is 0 Å². The smallest absolute Gasteiger partial charge is 0.265 e. The first-order valence-corrected chi connectivity index (χ1v) is 9.72. The van der Waals surface area contributed by atoms with Crippen LogP contribution in [0.2, 0.25) is 0 Å². The molecule has 0 aliphatic carbocycles. The summed E-state index contributed by atoms with van der Waals surface area (Å²) < 4.78 is 59.4. The number of hydrogen-bond donors (Lipinski definition) is 1. The molecule has 0 bridgehead atoms. The standard InChI is InChI=1S/C18H16F2N2O5S/c1-27-15-6-5-14(22-17(23)3-2-4-18(22)24)10-16(15)28(25,26)21-13-8-11(19)7-12(20)9-13/h5-10,21H,2-4H2,1H3. The fraction of sp³-hybridized carbons (Fsp3) is 0.222. The minimum absolute atomic E-state index is 0.0648. The Labute approximate surface area is 160 Å². The number of carbonyl (C=O) groups excluding carboxylic acids is 2. The predicted octanol–water partition coefficient (Wildman–Crippen LogP) is 2.82. The lowest BCUT2D eigenvalue weighted by atomic mass is 10.1. The van der Waals surface area contributed by atoms with Gasteiger partial charge in [0, 0.05) is 18.9 Å². The zero-order valence-corrected chi connectivity index (χ0v) is 15.6. The van der Waals surface area contributed by atoms with Crippen LogP contribution in [0.4, 0.5) is 20.2 Å². The van der Waals surface area contributed by atoms with Crippen molar-refractivity contribution in [2.45, 2.75) is 24.2 Å². The highest BCUT2D eigenvalue weighted by atomic mass is 32.2. The maximum absolute atomic E-state index is 13.4. The van der Waals surface area contributed by atoms with Gasteiger partial charge in [-0.05, 0) is 36.8 Å². The van der Waals surface area contributed by atoms with Crippen LogP contribution >= 0.6 is 0 Å². The van der Waals surface area contributed by atoms with E-state index in [2.05, 4.69) is 4.72 Å². The number of ether oxygens (including phenoxy) is 1. The molecule has 0 unspecified atom stereocenters. The largest absolute Gasteiger partial charge is 0.495 e. The first kappa shape index (κ1) is 19.7. The van der Waals surface area contributed by atoms with Crippen LogP contribution < -0.4 is 14.4 Å². The quantitative estimate of drug-likeness (QED) is 0.766. The number of carbonyl (C=O) groups is 2. The molecule has 3 rings (SSSR count). The van der Waals surface area contributed by atoms with Gasteiger partial charge in [-0.25, -0.2) is 17.2 Å². The van der Waals surface area contributed by atoms with E-state index in [0.717, 1.165) is 23.1 Å². The van der Waals surface area contributed by atoms with Gasteiger partial charge in [0.05, 0.1) is 18.5 Å². The molecule has 1 fully saturated rings. The van der Waals surface area contributed by atoms with Crippen molar-refractivity contribution in [1.82, 2.24) is 0 Å². The number of nitrogens with zero attached hydrogens (tertiary/aromatic N) is 1. The summed E-state index contributed by atoms with van der Waals surface area (Å²) >= 11 is 0. The molecular formula is C18H16F2N2O5S. The van der Waals surface area contributed by atoms with Gasteiger partial charge in [-0.2, -0.15) is 0 Å². The van der Waals surface area contributed by atoms with Crippen LogP contribution in [-0.2, 0) is 19.6 Å². The van der Waals surface area contributed by atoms with Crippen molar-refractivity contribution < 1.29 is 31.5 Å². The summed E-state index contributed by atoms with van der Waals surface area (Å²) in [5.41, 5.74) is -0.253. The van der Waals surface area contributed by atoms with Crippen molar-refractivity contribution in [3.8, 4) is 5.75 Å². The van der Waals surface area contributed by atoms with Gasteiger partial charge in [-0.3, -0.25) is 19.2 Å². The normalized spacial score (nSPS) is 14.9. The molecule has 0 saturated carbocycles. The summed E-state index contributed by atoms with van der Waals surface area (Å²) in [5, 5.41) is 0. The van der Waals surface area contributed by atoms with Crippen molar-refractivity contribution in [3.05, 3.63) is 48.0 Å². The summed E-state index contributed by atoms with van der Waals surface area (Å²) in [6.45, 7) is 0. The molecule has 1 aliphatic rings. The number of imide groups is 1. The monoisotopic (exact) mass is 410 g/mol. The average Bonchev–Trinajstić information content (AvgIpc) is 2.60. The molecule has 148 valence electrons. The molecule has 1 saturated heterocycles. The van der Waals surface area contributed by atoms with E-state index in [1.807, 2.05) is 0 Å². The first-order valence-electron chi connectivity index (χ1n) is 8.24. The number of halogens is 2. The van der Waals surface area contributed by atoms with Crippen LogP contribution in [0, 0.1) is 11.6 Å². The van der Waals surface area contributed by atoms with E-state index in [4.69, 9.17) is 4.74 Å². The van der Waals surface area contributed by atoms with E-state index < -0.39 is 33.5 Å². The first-order chi connectivity index (χ1) is 13.2. The summed E-state index contributed by atoms with van der Waals surface area (Å²) in [6, 6.07) is 6.03. The van der Waals surface area contributed by atoms with E-state index in [1.54, 1.807) is 0 Å². The van der Waals surface area contributed by atoms with Crippen molar-refractivity contribution in [2.75, 3.05) is 16.7 Å². The average molecular weight is 410 g/mol. The van der Waals surface area contributed by atoms with Crippen molar-refractivity contribution in [2.24, 2.45) is 0 Å². The molecule has 10 heteroatoms. The molecule has 2 aromatic rings. The highest BCUT2D eigenvalue weighted by Gasteiger charge is 2.30. The molecule has 7 nitrogen and oxygen atoms in total. The molecule has 1 aliphatic heterocycles. The fourth-order valence-electron chi connectivity index (χ4n) is 2.88. The molecule has 0 aromatic heterocycles. The topological polar surface area (TPSA) is 92.8 Å². The zero-order valence-electron chi connectivity index (χ0n) is 14.7. The van der Waals surface area contributed by atoms with E-state index in [1.165, 1.54) is 19.2 Å². The van der Waals surface area contributed by atoms with Crippen molar-refractivity contribution in [1.29, 1.82) is 0 Å². The maximum atomic E-state index is 13.4. The Kier molecular flexibility index (Phi) is 5.32. The SMILES string of the molecule is COc1ccc(N2C(=O)CCCC2=O)cc1S(=O)(=O)Nc1cc(F)cc(F)c1. The van der Waals surface area contributed by atoms with E-state index in [0.29, 0.717) is 12.5 Å². The van der Waals surface area contributed by atoms with E-state index >= 15 is 0 Å². The van der Waals surface area contributed by atoms with Crippen LogP contribution in [0.1, 0.15) is 19.3 Å². The third-order valence-corrected chi connectivity index (χ3v) is 5.49. The second kappa shape index (κ2) is 7.55. The van der Waals surface area contributed by atoms with Gasteiger partial charge < -0.3 is 4.74 Å². The van der Waals surface area contributed by atoms with Gasteiger partial charge >= 0.3 is 0 Å². The molecule has 2 amide bonds. The Bertz CT molecular complexity index is 1020. The lowest BCUT2D eigenvalue weighted by Gasteiger charge is -2.25. The van der Waals surface area contributed by atoms with E-state index in [-0.39, 0.29) is 34.9 Å². The Morgan fingerprint density at radius 1 is 1.00 bits per heavy atom.